The standard InChI is InChI=1S/C9H15NOS/c1-7(2)5-10-9(11)8-3-4-12-6-8/h8H,1,3-6H2,2H3,(H,10,11). The van der Waals surface area contributed by atoms with Crippen molar-refractivity contribution in [3.05, 3.63) is 12.2 Å². The minimum Gasteiger partial charge on any atom is -0.352 e. The smallest absolute Gasteiger partial charge is 0.224 e. The Hall–Kier alpha value is -0.440. The second-order valence-electron chi connectivity index (χ2n) is 3.24. The van der Waals surface area contributed by atoms with E-state index in [0.29, 0.717) is 6.54 Å². The maximum Gasteiger partial charge on any atom is 0.224 e. The van der Waals surface area contributed by atoms with Gasteiger partial charge < -0.3 is 5.32 Å². The Kier molecular flexibility index (Phi) is 3.66. The molecular formula is C9H15NOS. The molecule has 1 amide bonds. The highest BCUT2D eigenvalue weighted by molar-refractivity contribution is 7.99. The van der Waals surface area contributed by atoms with Crippen molar-refractivity contribution in [2.75, 3.05) is 18.1 Å². The SMILES string of the molecule is C=C(C)CNC(=O)C1CCSC1. The molecule has 0 radical (unpaired) electrons. The van der Waals surface area contributed by atoms with Crippen LogP contribution in [0.25, 0.3) is 0 Å². The molecule has 12 heavy (non-hydrogen) atoms. The molecule has 0 aromatic rings. The van der Waals surface area contributed by atoms with E-state index in [1.54, 1.807) is 0 Å². The van der Waals surface area contributed by atoms with Crippen LogP contribution in [-0.2, 0) is 4.79 Å². The molecule has 1 aliphatic heterocycles. The summed E-state index contributed by atoms with van der Waals surface area (Å²) in [5.74, 6) is 2.56. The van der Waals surface area contributed by atoms with Crippen molar-refractivity contribution < 1.29 is 4.79 Å². The number of amides is 1. The van der Waals surface area contributed by atoms with Gasteiger partial charge in [-0.15, -0.1) is 0 Å². The molecule has 0 saturated carbocycles. The number of hydrogen-bond acceptors (Lipinski definition) is 2. The fourth-order valence-corrected chi connectivity index (χ4v) is 2.34. The molecule has 0 aromatic carbocycles. The van der Waals surface area contributed by atoms with E-state index in [-0.39, 0.29) is 11.8 Å². The summed E-state index contributed by atoms with van der Waals surface area (Å²) in [7, 11) is 0. The molecule has 68 valence electrons. The molecule has 1 heterocycles. The molecule has 0 spiro atoms. The Morgan fingerprint density at radius 1 is 1.75 bits per heavy atom. The van der Waals surface area contributed by atoms with Crippen LogP contribution in [0.3, 0.4) is 0 Å². The van der Waals surface area contributed by atoms with E-state index in [9.17, 15) is 4.79 Å². The summed E-state index contributed by atoms with van der Waals surface area (Å²) in [5, 5.41) is 2.87. The van der Waals surface area contributed by atoms with Crippen LogP contribution in [0.4, 0.5) is 0 Å². The largest absolute Gasteiger partial charge is 0.352 e. The van der Waals surface area contributed by atoms with Crippen molar-refractivity contribution in [2.45, 2.75) is 13.3 Å². The van der Waals surface area contributed by atoms with Gasteiger partial charge in [-0.05, 0) is 19.1 Å². The first-order chi connectivity index (χ1) is 5.70. The third-order valence-electron chi connectivity index (χ3n) is 1.86. The predicted octanol–water partition coefficient (Wildman–Crippen LogP) is 1.43. The van der Waals surface area contributed by atoms with Gasteiger partial charge in [0.15, 0.2) is 0 Å². The number of nitrogens with one attached hydrogen (secondary N) is 1. The summed E-state index contributed by atoms with van der Waals surface area (Å²) < 4.78 is 0. The van der Waals surface area contributed by atoms with E-state index in [2.05, 4.69) is 11.9 Å². The van der Waals surface area contributed by atoms with Crippen LogP contribution < -0.4 is 5.32 Å². The van der Waals surface area contributed by atoms with Gasteiger partial charge in [0.1, 0.15) is 0 Å². The van der Waals surface area contributed by atoms with Crippen molar-refractivity contribution in [1.29, 1.82) is 0 Å². The van der Waals surface area contributed by atoms with E-state index >= 15 is 0 Å². The Morgan fingerprint density at radius 3 is 3.00 bits per heavy atom. The lowest BCUT2D eigenvalue weighted by Crippen LogP contribution is -2.31. The molecule has 0 aliphatic carbocycles. The second-order valence-corrected chi connectivity index (χ2v) is 4.39. The zero-order valence-electron chi connectivity index (χ0n) is 7.43. The van der Waals surface area contributed by atoms with Crippen LogP contribution in [0, 0.1) is 5.92 Å². The van der Waals surface area contributed by atoms with Crippen LogP contribution in [-0.4, -0.2) is 24.0 Å². The van der Waals surface area contributed by atoms with E-state index in [1.165, 1.54) is 0 Å². The number of thioether (sulfide) groups is 1. The van der Waals surface area contributed by atoms with Crippen molar-refractivity contribution in [1.82, 2.24) is 5.32 Å². The first-order valence-electron chi connectivity index (χ1n) is 4.20. The van der Waals surface area contributed by atoms with Gasteiger partial charge in [-0.2, -0.15) is 11.8 Å². The minimum atomic E-state index is 0.197. The topological polar surface area (TPSA) is 29.1 Å². The molecule has 3 heteroatoms. The monoisotopic (exact) mass is 185 g/mol. The first kappa shape index (κ1) is 9.65. The molecule has 1 saturated heterocycles. The van der Waals surface area contributed by atoms with Gasteiger partial charge in [-0.1, -0.05) is 12.2 Å². The lowest BCUT2D eigenvalue weighted by Gasteiger charge is -2.08. The van der Waals surface area contributed by atoms with Gasteiger partial charge in [0.2, 0.25) is 5.91 Å². The quantitative estimate of drug-likeness (QED) is 0.674. The molecule has 1 N–H and O–H groups in total. The minimum absolute atomic E-state index is 0.197. The molecule has 1 fully saturated rings. The zero-order chi connectivity index (χ0) is 8.97. The van der Waals surface area contributed by atoms with Crippen LogP contribution in [0.1, 0.15) is 13.3 Å². The average molecular weight is 185 g/mol. The average Bonchev–Trinajstić information content (AvgIpc) is 2.51. The summed E-state index contributed by atoms with van der Waals surface area (Å²) in [5.41, 5.74) is 1.01. The summed E-state index contributed by atoms with van der Waals surface area (Å²) in [6.07, 6.45) is 1.03. The summed E-state index contributed by atoms with van der Waals surface area (Å²) in [6, 6.07) is 0. The number of carbonyl (C=O) groups is 1. The molecule has 1 aliphatic rings. The van der Waals surface area contributed by atoms with Gasteiger partial charge in [0, 0.05) is 18.2 Å². The molecular weight excluding hydrogens is 170 g/mol. The molecule has 0 bridgehead atoms. The number of carbonyl (C=O) groups excluding carboxylic acids is 1. The Balaban J connectivity index is 2.23. The molecule has 1 atom stereocenters. The fraction of sp³-hybridized carbons (Fsp3) is 0.667. The Bertz CT molecular complexity index is 185. The molecule has 0 aromatic heterocycles. The number of rotatable bonds is 3. The lowest BCUT2D eigenvalue weighted by atomic mass is 10.1. The van der Waals surface area contributed by atoms with Crippen LogP contribution >= 0.6 is 11.8 Å². The highest BCUT2D eigenvalue weighted by Crippen LogP contribution is 2.23. The zero-order valence-corrected chi connectivity index (χ0v) is 8.25. The maximum atomic E-state index is 11.4. The van der Waals surface area contributed by atoms with Crippen molar-refractivity contribution in [2.24, 2.45) is 5.92 Å². The first-order valence-corrected chi connectivity index (χ1v) is 5.35. The van der Waals surface area contributed by atoms with E-state index < -0.39 is 0 Å². The van der Waals surface area contributed by atoms with E-state index in [4.69, 9.17) is 0 Å². The second kappa shape index (κ2) is 4.55. The summed E-state index contributed by atoms with van der Waals surface area (Å²) >= 11 is 1.86. The van der Waals surface area contributed by atoms with Gasteiger partial charge in [-0.3, -0.25) is 4.79 Å². The van der Waals surface area contributed by atoms with Crippen molar-refractivity contribution >= 4 is 17.7 Å². The molecule has 1 rings (SSSR count). The predicted molar refractivity (Wildman–Crippen MR) is 53.3 cm³/mol. The summed E-state index contributed by atoms with van der Waals surface area (Å²) in [6.45, 7) is 6.28. The fourth-order valence-electron chi connectivity index (χ4n) is 1.12. The third-order valence-corrected chi connectivity index (χ3v) is 3.03. The van der Waals surface area contributed by atoms with Gasteiger partial charge in [0.25, 0.3) is 0 Å². The van der Waals surface area contributed by atoms with E-state index in [0.717, 1.165) is 23.5 Å². The normalized spacial score (nSPS) is 22.2. The van der Waals surface area contributed by atoms with Gasteiger partial charge in [0.05, 0.1) is 0 Å². The highest BCUT2D eigenvalue weighted by Gasteiger charge is 2.22. The van der Waals surface area contributed by atoms with Gasteiger partial charge >= 0.3 is 0 Å². The Labute approximate surface area is 77.8 Å². The molecule has 2 nitrogen and oxygen atoms in total. The highest BCUT2D eigenvalue weighted by atomic mass is 32.2. The maximum absolute atomic E-state index is 11.4. The van der Waals surface area contributed by atoms with Crippen molar-refractivity contribution in [3.63, 3.8) is 0 Å². The Morgan fingerprint density at radius 2 is 2.50 bits per heavy atom. The van der Waals surface area contributed by atoms with Crippen LogP contribution in [0.2, 0.25) is 0 Å². The van der Waals surface area contributed by atoms with Gasteiger partial charge in [-0.25, -0.2) is 0 Å². The van der Waals surface area contributed by atoms with E-state index in [1.807, 2.05) is 18.7 Å². The van der Waals surface area contributed by atoms with Crippen LogP contribution in [0.15, 0.2) is 12.2 Å². The lowest BCUT2D eigenvalue weighted by molar-refractivity contribution is -0.124. The summed E-state index contributed by atoms with van der Waals surface area (Å²) in [4.78, 5) is 11.4. The number of hydrogen-bond donors (Lipinski definition) is 1. The third kappa shape index (κ3) is 2.89. The molecule has 1 unspecified atom stereocenters. The van der Waals surface area contributed by atoms with Crippen molar-refractivity contribution in [3.8, 4) is 0 Å². The van der Waals surface area contributed by atoms with Crippen LogP contribution in [0.5, 0.6) is 0 Å².